The first-order chi connectivity index (χ1) is 9.97. The molecule has 0 atom stereocenters. The van der Waals surface area contributed by atoms with Crippen molar-refractivity contribution < 1.29 is 8.42 Å². The van der Waals surface area contributed by atoms with Crippen LogP contribution in [-0.2, 0) is 16.4 Å². The third kappa shape index (κ3) is 5.36. The second-order valence-electron chi connectivity index (χ2n) is 6.06. The van der Waals surface area contributed by atoms with Crippen LogP contribution in [0, 0.1) is 5.92 Å². The number of hydrogen-bond acceptors (Lipinski definition) is 4. The summed E-state index contributed by atoms with van der Waals surface area (Å²) in [5.74, 6) is 0.730. The second kappa shape index (κ2) is 7.72. The Kier molecular flexibility index (Phi) is 6.22. The third-order valence-electron chi connectivity index (χ3n) is 3.90. The molecule has 1 saturated carbocycles. The summed E-state index contributed by atoms with van der Waals surface area (Å²) in [5.41, 5.74) is 0. The van der Waals surface area contributed by atoms with Gasteiger partial charge in [-0.3, -0.25) is 0 Å². The van der Waals surface area contributed by atoms with Gasteiger partial charge in [-0.15, -0.1) is 11.3 Å². The highest BCUT2D eigenvalue weighted by Gasteiger charge is 2.20. The fourth-order valence-corrected chi connectivity index (χ4v) is 4.82. The van der Waals surface area contributed by atoms with Crippen molar-refractivity contribution in [2.75, 3.05) is 13.1 Å². The highest BCUT2D eigenvalue weighted by atomic mass is 32.2. The van der Waals surface area contributed by atoms with Crippen molar-refractivity contribution in [2.24, 2.45) is 5.92 Å². The lowest BCUT2D eigenvalue weighted by Gasteiger charge is -2.24. The number of nitrogens with one attached hydrogen (secondary N) is 2. The molecule has 1 aromatic heterocycles. The lowest BCUT2D eigenvalue weighted by Crippen LogP contribution is -2.27. The normalized spacial score (nSPS) is 16.3. The summed E-state index contributed by atoms with van der Waals surface area (Å²) in [6, 6.07) is 4.11. The van der Waals surface area contributed by atoms with Gasteiger partial charge in [0.1, 0.15) is 4.21 Å². The van der Waals surface area contributed by atoms with Crippen LogP contribution in [0.4, 0.5) is 0 Å². The van der Waals surface area contributed by atoms with Crippen molar-refractivity contribution in [1.82, 2.24) is 10.0 Å². The van der Waals surface area contributed by atoms with Crippen molar-refractivity contribution in [1.29, 1.82) is 0 Å². The third-order valence-corrected chi connectivity index (χ3v) is 6.99. The summed E-state index contributed by atoms with van der Waals surface area (Å²) in [6.45, 7) is 5.66. The Balaban J connectivity index is 1.80. The van der Waals surface area contributed by atoms with Gasteiger partial charge in [0.05, 0.1) is 0 Å². The molecule has 4 nitrogen and oxygen atoms in total. The molecule has 1 fully saturated rings. The van der Waals surface area contributed by atoms with Gasteiger partial charge in [0.2, 0.25) is 10.0 Å². The maximum absolute atomic E-state index is 12.2. The van der Waals surface area contributed by atoms with Crippen LogP contribution >= 0.6 is 11.3 Å². The molecule has 1 aliphatic carbocycles. The molecule has 1 aromatic rings. The molecule has 0 amide bonds. The van der Waals surface area contributed by atoms with Gasteiger partial charge in [0.15, 0.2) is 0 Å². The summed E-state index contributed by atoms with van der Waals surface area (Å²) < 4.78 is 27.6. The molecule has 0 radical (unpaired) electrons. The van der Waals surface area contributed by atoms with Crippen molar-refractivity contribution in [2.45, 2.75) is 56.2 Å². The molecule has 1 aliphatic rings. The monoisotopic (exact) mass is 330 g/mol. The molecule has 21 heavy (non-hydrogen) atoms. The van der Waals surface area contributed by atoms with Crippen LogP contribution in [0.25, 0.3) is 0 Å². The molecular formula is C15H26N2O2S2. The molecule has 0 spiro atoms. The molecule has 6 heteroatoms. The fourth-order valence-electron chi connectivity index (χ4n) is 2.37. The van der Waals surface area contributed by atoms with E-state index in [4.69, 9.17) is 0 Å². The van der Waals surface area contributed by atoms with Crippen molar-refractivity contribution in [3.63, 3.8) is 0 Å². The first-order valence-corrected chi connectivity index (χ1v) is 10.1. The van der Waals surface area contributed by atoms with E-state index in [9.17, 15) is 8.42 Å². The minimum absolute atomic E-state index is 0.440. The van der Waals surface area contributed by atoms with E-state index >= 15 is 0 Å². The van der Waals surface area contributed by atoms with Crippen LogP contribution < -0.4 is 10.0 Å². The predicted octanol–water partition coefficient (Wildman–Crippen LogP) is 2.76. The number of hydrogen-bond donors (Lipinski definition) is 2. The first-order valence-electron chi connectivity index (χ1n) is 7.79. The van der Waals surface area contributed by atoms with Gasteiger partial charge >= 0.3 is 0 Å². The van der Waals surface area contributed by atoms with E-state index in [2.05, 4.69) is 23.9 Å². The maximum Gasteiger partial charge on any atom is 0.250 e. The quantitative estimate of drug-likeness (QED) is 0.732. The highest BCUT2D eigenvalue weighted by molar-refractivity contribution is 7.91. The Morgan fingerprint density at radius 1 is 1.29 bits per heavy atom. The largest absolute Gasteiger partial charge is 0.314 e. The van der Waals surface area contributed by atoms with Gasteiger partial charge in [-0.05, 0) is 30.9 Å². The molecule has 0 saturated heterocycles. The average molecular weight is 331 g/mol. The molecule has 1 heterocycles. The summed E-state index contributed by atoms with van der Waals surface area (Å²) in [5, 5.41) is 3.34. The number of thiophene rings is 1. The molecular weight excluding hydrogens is 304 g/mol. The van der Waals surface area contributed by atoms with E-state index in [0.29, 0.717) is 16.8 Å². The Hall–Kier alpha value is -0.430. The summed E-state index contributed by atoms with van der Waals surface area (Å²) >= 11 is 1.38. The molecule has 2 rings (SSSR count). The maximum atomic E-state index is 12.2. The SMILES string of the molecule is CC(C)NCCc1ccc(S(=O)(=O)NCCC2CCC2)s1. The number of rotatable bonds is 9. The van der Waals surface area contributed by atoms with Crippen molar-refractivity contribution in [3.05, 3.63) is 17.0 Å². The van der Waals surface area contributed by atoms with Gasteiger partial charge in [-0.2, -0.15) is 0 Å². The van der Waals surface area contributed by atoms with E-state index in [0.717, 1.165) is 30.2 Å². The molecule has 0 aromatic carbocycles. The molecule has 120 valence electrons. The van der Waals surface area contributed by atoms with Gasteiger partial charge in [0.25, 0.3) is 0 Å². The molecule has 2 N–H and O–H groups in total. The number of sulfonamides is 1. The summed E-state index contributed by atoms with van der Waals surface area (Å²) in [6.07, 6.45) is 5.66. The van der Waals surface area contributed by atoms with E-state index in [1.807, 2.05) is 6.07 Å². The van der Waals surface area contributed by atoms with Crippen molar-refractivity contribution >= 4 is 21.4 Å². The Morgan fingerprint density at radius 3 is 2.67 bits per heavy atom. The van der Waals surface area contributed by atoms with E-state index < -0.39 is 10.0 Å². The molecule has 0 aliphatic heterocycles. The van der Waals surface area contributed by atoms with Gasteiger partial charge in [0, 0.05) is 24.0 Å². The lowest BCUT2D eigenvalue weighted by molar-refractivity contribution is 0.297. The first kappa shape index (κ1) is 16.9. The minimum atomic E-state index is -3.31. The highest BCUT2D eigenvalue weighted by Crippen LogP contribution is 2.29. The topological polar surface area (TPSA) is 58.2 Å². The molecule has 0 unspecified atom stereocenters. The van der Waals surface area contributed by atoms with Gasteiger partial charge in [-0.25, -0.2) is 13.1 Å². The zero-order valence-electron chi connectivity index (χ0n) is 12.9. The van der Waals surface area contributed by atoms with Crippen LogP contribution in [0.2, 0.25) is 0 Å². The van der Waals surface area contributed by atoms with E-state index in [1.165, 1.54) is 30.6 Å². The summed E-state index contributed by atoms with van der Waals surface area (Å²) in [4.78, 5) is 1.11. The predicted molar refractivity (Wildman–Crippen MR) is 88.3 cm³/mol. The second-order valence-corrected chi connectivity index (χ2v) is 9.23. The van der Waals surface area contributed by atoms with Crippen LogP contribution in [0.15, 0.2) is 16.3 Å². The zero-order chi connectivity index (χ0) is 15.3. The van der Waals surface area contributed by atoms with Crippen LogP contribution in [-0.4, -0.2) is 27.5 Å². The Labute approximate surface area is 132 Å². The van der Waals surface area contributed by atoms with E-state index in [1.54, 1.807) is 6.07 Å². The van der Waals surface area contributed by atoms with Crippen LogP contribution in [0.3, 0.4) is 0 Å². The fraction of sp³-hybridized carbons (Fsp3) is 0.733. The van der Waals surface area contributed by atoms with E-state index in [-0.39, 0.29) is 0 Å². The van der Waals surface area contributed by atoms with Gasteiger partial charge in [-0.1, -0.05) is 33.1 Å². The smallest absolute Gasteiger partial charge is 0.250 e. The molecule has 0 bridgehead atoms. The van der Waals surface area contributed by atoms with Crippen LogP contribution in [0.5, 0.6) is 0 Å². The van der Waals surface area contributed by atoms with Crippen molar-refractivity contribution in [3.8, 4) is 0 Å². The standard InChI is InChI=1S/C15H26N2O2S2/c1-12(2)16-10-9-14-6-7-15(20-14)21(18,19)17-11-8-13-4-3-5-13/h6-7,12-13,16-17H,3-5,8-11H2,1-2H3. The summed E-state index contributed by atoms with van der Waals surface area (Å²) in [7, 11) is -3.31. The van der Waals surface area contributed by atoms with Crippen LogP contribution in [0.1, 0.15) is 44.4 Å². The Morgan fingerprint density at radius 2 is 2.05 bits per heavy atom. The lowest BCUT2D eigenvalue weighted by atomic mass is 9.83. The minimum Gasteiger partial charge on any atom is -0.314 e. The van der Waals surface area contributed by atoms with Gasteiger partial charge < -0.3 is 5.32 Å². The zero-order valence-corrected chi connectivity index (χ0v) is 14.5. The Bertz CT molecular complexity index is 534. The average Bonchev–Trinajstić information content (AvgIpc) is 2.81.